The fourth-order valence-electron chi connectivity index (χ4n) is 2.17. The van der Waals surface area contributed by atoms with Crippen molar-refractivity contribution in [2.45, 2.75) is 6.92 Å². The van der Waals surface area contributed by atoms with Crippen LogP contribution >= 0.6 is 11.6 Å². The first-order chi connectivity index (χ1) is 12.5. The molecule has 0 saturated heterocycles. The van der Waals surface area contributed by atoms with Gasteiger partial charge in [-0.3, -0.25) is 4.79 Å². The van der Waals surface area contributed by atoms with Crippen molar-refractivity contribution >= 4 is 34.8 Å². The SMILES string of the molecule is Cc1ccc(Nc2nccc(C(=O)Nc3ccc(C#N)cc3)n2)cc1Cl. The van der Waals surface area contributed by atoms with Gasteiger partial charge in [0.05, 0.1) is 11.6 Å². The summed E-state index contributed by atoms with van der Waals surface area (Å²) in [6, 6.07) is 15.6. The van der Waals surface area contributed by atoms with Gasteiger partial charge in [-0.1, -0.05) is 17.7 Å². The van der Waals surface area contributed by atoms with Crippen LogP contribution in [0.4, 0.5) is 17.3 Å². The lowest BCUT2D eigenvalue weighted by atomic mass is 10.2. The number of benzene rings is 2. The summed E-state index contributed by atoms with van der Waals surface area (Å²) in [5, 5.41) is 15.2. The van der Waals surface area contributed by atoms with Crippen LogP contribution in [0.1, 0.15) is 21.6 Å². The van der Waals surface area contributed by atoms with E-state index in [1.54, 1.807) is 30.3 Å². The highest BCUT2D eigenvalue weighted by atomic mass is 35.5. The Kier molecular flexibility index (Phi) is 5.11. The summed E-state index contributed by atoms with van der Waals surface area (Å²) in [7, 11) is 0. The first-order valence-corrected chi connectivity index (χ1v) is 8.11. The molecule has 3 aromatic rings. The van der Waals surface area contributed by atoms with Gasteiger partial charge in [0.2, 0.25) is 5.95 Å². The molecule has 0 spiro atoms. The molecule has 0 saturated carbocycles. The van der Waals surface area contributed by atoms with Gasteiger partial charge < -0.3 is 10.6 Å². The molecule has 128 valence electrons. The average Bonchev–Trinajstić information content (AvgIpc) is 2.65. The van der Waals surface area contributed by atoms with Gasteiger partial charge in [-0.25, -0.2) is 9.97 Å². The molecule has 1 heterocycles. The van der Waals surface area contributed by atoms with Crippen molar-refractivity contribution in [3.8, 4) is 6.07 Å². The first-order valence-electron chi connectivity index (χ1n) is 7.73. The number of carbonyl (C=O) groups excluding carboxylic acids is 1. The standard InChI is InChI=1S/C19H14ClN5O/c1-12-2-5-15(10-16(12)20)24-19-22-9-8-17(25-19)18(26)23-14-6-3-13(11-21)4-7-14/h2-10H,1H3,(H,23,26)(H,22,24,25). The highest BCUT2D eigenvalue weighted by Crippen LogP contribution is 2.22. The van der Waals surface area contributed by atoms with Crippen molar-refractivity contribution in [3.05, 3.63) is 76.6 Å². The van der Waals surface area contributed by atoms with E-state index < -0.39 is 0 Å². The minimum Gasteiger partial charge on any atom is -0.324 e. The van der Waals surface area contributed by atoms with Crippen LogP contribution < -0.4 is 10.6 Å². The predicted molar refractivity (Wildman–Crippen MR) is 101 cm³/mol. The Bertz CT molecular complexity index is 996. The lowest BCUT2D eigenvalue weighted by Crippen LogP contribution is -2.14. The van der Waals surface area contributed by atoms with Crippen molar-refractivity contribution in [2.75, 3.05) is 10.6 Å². The Labute approximate surface area is 155 Å². The third kappa shape index (κ3) is 4.15. The van der Waals surface area contributed by atoms with Gasteiger partial charge in [0, 0.05) is 22.6 Å². The predicted octanol–water partition coefficient (Wildman–Crippen LogP) is 4.31. The molecule has 6 nitrogen and oxygen atoms in total. The highest BCUT2D eigenvalue weighted by Gasteiger charge is 2.10. The van der Waals surface area contributed by atoms with Gasteiger partial charge in [0.1, 0.15) is 5.69 Å². The third-order valence-electron chi connectivity index (χ3n) is 3.59. The Morgan fingerprint density at radius 3 is 2.54 bits per heavy atom. The Morgan fingerprint density at radius 1 is 1.12 bits per heavy atom. The molecule has 0 aliphatic heterocycles. The number of rotatable bonds is 4. The van der Waals surface area contributed by atoms with Gasteiger partial charge in [0.15, 0.2) is 0 Å². The van der Waals surface area contributed by atoms with E-state index in [9.17, 15) is 4.79 Å². The van der Waals surface area contributed by atoms with E-state index in [-0.39, 0.29) is 17.5 Å². The first kappa shape index (κ1) is 17.4. The zero-order chi connectivity index (χ0) is 18.5. The van der Waals surface area contributed by atoms with Crippen LogP contribution in [0.3, 0.4) is 0 Å². The summed E-state index contributed by atoms with van der Waals surface area (Å²) >= 11 is 6.11. The Balaban J connectivity index is 1.74. The molecule has 0 unspecified atom stereocenters. The van der Waals surface area contributed by atoms with Crippen molar-refractivity contribution < 1.29 is 4.79 Å². The zero-order valence-electron chi connectivity index (χ0n) is 13.8. The second kappa shape index (κ2) is 7.64. The van der Waals surface area contributed by atoms with Crippen LogP contribution in [0.25, 0.3) is 0 Å². The summed E-state index contributed by atoms with van der Waals surface area (Å²) < 4.78 is 0. The van der Waals surface area contributed by atoms with Crippen LogP contribution in [0, 0.1) is 18.3 Å². The molecule has 3 rings (SSSR count). The molecule has 0 aliphatic carbocycles. The minimum atomic E-state index is -0.373. The smallest absolute Gasteiger partial charge is 0.274 e. The summed E-state index contributed by atoms with van der Waals surface area (Å²) in [4.78, 5) is 20.7. The maximum absolute atomic E-state index is 12.4. The number of amides is 1. The fraction of sp³-hybridized carbons (Fsp3) is 0.0526. The largest absolute Gasteiger partial charge is 0.324 e. The fourth-order valence-corrected chi connectivity index (χ4v) is 2.35. The molecule has 2 N–H and O–H groups in total. The van der Waals surface area contributed by atoms with Crippen LogP contribution in [0.5, 0.6) is 0 Å². The van der Waals surface area contributed by atoms with Gasteiger partial charge in [-0.15, -0.1) is 0 Å². The molecule has 0 aliphatic rings. The second-order valence-corrected chi connectivity index (χ2v) is 5.90. The normalized spacial score (nSPS) is 10.0. The third-order valence-corrected chi connectivity index (χ3v) is 4.00. The molecule has 0 radical (unpaired) electrons. The number of aromatic nitrogens is 2. The molecule has 26 heavy (non-hydrogen) atoms. The molecule has 1 amide bonds. The Hall–Kier alpha value is -3.43. The molecule has 0 fully saturated rings. The number of halogens is 1. The van der Waals surface area contributed by atoms with Gasteiger partial charge in [-0.05, 0) is 55.0 Å². The average molecular weight is 364 g/mol. The highest BCUT2D eigenvalue weighted by molar-refractivity contribution is 6.31. The van der Waals surface area contributed by atoms with Crippen LogP contribution in [0.2, 0.25) is 5.02 Å². The number of aryl methyl sites for hydroxylation is 1. The molecule has 2 aromatic carbocycles. The van der Waals surface area contributed by atoms with Crippen molar-refractivity contribution in [1.29, 1.82) is 5.26 Å². The number of anilines is 3. The summed E-state index contributed by atoms with van der Waals surface area (Å²) in [5.74, 6) is -0.0838. The minimum absolute atomic E-state index is 0.213. The van der Waals surface area contributed by atoms with E-state index in [0.29, 0.717) is 16.3 Å². The summed E-state index contributed by atoms with van der Waals surface area (Å²) in [6.45, 7) is 1.91. The van der Waals surface area contributed by atoms with Crippen LogP contribution in [-0.2, 0) is 0 Å². The number of hydrogen-bond donors (Lipinski definition) is 2. The topological polar surface area (TPSA) is 90.7 Å². The quantitative estimate of drug-likeness (QED) is 0.720. The molecule has 7 heteroatoms. The van der Waals surface area contributed by atoms with E-state index in [1.807, 2.05) is 25.1 Å². The van der Waals surface area contributed by atoms with Crippen LogP contribution in [-0.4, -0.2) is 15.9 Å². The van der Waals surface area contributed by atoms with E-state index in [4.69, 9.17) is 16.9 Å². The number of hydrogen-bond acceptors (Lipinski definition) is 5. The molecular weight excluding hydrogens is 350 g/mol. The van der Waals surface area contributed by atoms with E-state index in [2.05, 4.69) is 20.6 Å². The molecule has 1 aromatic heterocycles. The van der Waals surface area contributed by atoms with Crippen molar-refractivity contribution in [1.82, 2.24) is 9.97 Å². The summed E-state index contributed by atoms with van der Waals surface area (Å²) in [5.41, 5.74) is 3.00. The summed E-state index contributed by atoms with van der Waals surface area (Å²) in [6.07, 6.45) is 1.50. The van der Waals surface area contributed by atoms with Gasteiger partial charge in [-0.2, -0.15) is 5.26 Å². The van der Waals surface area contributed by atoms with E-state index >= 15 is 0 Å². The second-order valence-electron chi connectivity index (χ2n) is 5.50. The maximum Gasteiger partial charge on any atom is 0.274 e. The molecular formula is C19H14ClN5O. The lowest BCUT2D eigenvalue weighted by molar-refractivity contribution is 0.102. The number of nitriles is 1. The lowest BCUT2D eigenvalue weighted by Gasteiger charge is -2.08. The van der Waals surface area contributed by atoms with E-state index in [1.165, 1.54) is 12.3 Å². The Morgan fingerprint density at radius 2 is 1.85 bits per heavy atom. The van der Waals surface area contributed by atoms with Gasteiger partial charge in [0.25, 0.3) is 5.91 Å². The maximum atomic E-state index is 12.4. The van der Waals surface area contributed by atoms with Crippen LogP contribution in [0.15, 0.2) is 54.7 Å². The number of nitrogens with one attached hydrogen (secondary N) is 2. The number of carbonyl (C=O) groups is 1. The van der Waals surface area contributed by atoms with Crippen molar-refractivity contribution in [2.24, 2.45) is 0 Å². The number of nitrogens with zero attached hydrogens (tertiary/aromatic N) is 3. The zero-order valence-corrected chi connectivity index (χ0v) is 14.6. The van der Waals surface area contributed by atoms with Gasteiger partial charge >= 0.3 is 0 Å². The molecule has 0 atom stereocenters. The van der Waals surface area contributed by atoms with Crippen molar-refractivity contribution in [3.63, 3.8) is 0 Å². The monoisotopic (exact) mass is 363 g/mol. The molecule has 0 bridgehead atoms. The van der Waals surface area contributed by atoms with E-state index in [0.717, 1.165) is 11.3 Å².